The summed E-state index contributed by atoms with van der Waals surface area (Å²) in [5.41, 5.74) is 0.389. The zero-order chi connectivity index (χ0) is 18.3. The van der Waals surface area contributed by atoms with E-state index in [0.717, 1.165) is 19.0 Å². The molecule has 2 N–H and O–H groups in total. The first-order valence-electron chi connectivity index (χ1n) is 9.13. The Hall–Kier alpha value is -2.12. The van der Waals surface area contributed by atoms with Crippen LogP contribution in [0.2, 0.25) is 0 Å². The summed E-state index contributed by atoms with van der Waals surface area (Å²) in [6.45, 7) is 9.41. The van der Waals surface area contributed by atoms with E-state index in [0.29, 0.717) is 24.4 Å². The molecule has 0 atom stereocenters. The number of hydrogen-bond donors (Lipinski definition) is 2. The zero-order valence-electron chi connectivity index (χ0n) is 15.5. The molecule has 1 aromatic rings. The van der Waals surface area contributed by atoms with Crippen molar-refractivity contribution in [3.63, 3.8) is 0 Å². The molecule has 1 aliphatic rings. The van der Waals surface area contributed by atoms with Crippen molar-refractivity contribution in [2.24, 2.45) is 16.3 Å². The molecule has 8 nitrogen and oxygen atoms in total. The van der Waals surface area contributed by atoms with Gasteiger partial charge in [0, 0.05) is 19.6 Å². The van der Waals surface area contributed by atoms with Crippen molar-refractivity contribution < 1.29 is 4.92 Å². The van der Waals surface area contributed by atoms with Gasteiger partial charge in [0.25, 0.3) is 0 Å². The molecule has 0 aromatic carbocycles. The molecule has 1 saturated carbocycles. The quantitative estimate of drug-likeness (QED) is 0.309. The molecule has 140 valence electrons. The molecule has 0 radical (unpaired) electrons. The summed E-state index contributed by atoms with van der Waals surface area (Å²) >= 11 is 0. The van der Waals surface area contributed by atoms with Gasteiger partial charge in [-0.1, -0.05) is 20.3 Å². The number of hydrogen-bond acceptors (Lipinski definition) is 4. The fourth-order valence-corrected chi connectivity index (χ4v) is 3.42. The van der Waals surface area contributed by atoms with Gasteiger partial charge in [0.15, 0.2) is 5.96 Å². The lowest BCUT2D eigenvalue weighted by Gasteiger charge is -2.42. The number of nitro groups is 1. The largest absolute Gasteiger partial charge is 0.357 e. The third-order valence-electron chi connectivity index (χ3n) is 4.64. The minimum atomic E-state index is -0.435. The van der Waals surface area contributed by atoms with Crippen molar-refractivity contribution in [2.75, 3.05) is 19.6 Å². The van der Waals surface area contributed by atoms with Crippen LogP contribution in [0, 0.1) is 21.4 Å². The molecule has 0 saturated heterocycles. The lowest BCUT2D eigenvalue weighted by molar-refractivity contribution is -0.385. The highest BCUT2D eigenvalue weighted by atomic mass is 16.6. The van der Waals surface area contributed by atoms with Crippen LogP contribution in [-0.4, -0.2) is 40.3 Å². The zero-order valence-corrected chi connectivity index (χ0v) is 15.5. The molecule has 1 fully saturated rings. The van der Waals surface area contributed by atoms with Crippen LogP contribution >= 0.6 is 0 Å². The third-order valence-corrected chi connectivity index (χ3v) is 4.64. The first kappa shape index (κ1) is 19.2. The van der Waals surface area contributed by atoms with Crippen LogP contribution in [-0.2, 0) is 6.54 Å². The standard InChI is InChI=1S/C17H30N6O2/c1-4-18-16(20-13-17(6-5-7-17)10-14(2)3)19-8-9-22-12-15(11-21-22)23(24)25/h11-12,14H,4-10,13H2,1-3H3,(H2,18,19,20). The second kappa shape index (κ2) is 8.82. The van der Waals surface area contributed by atoms with Gasteiger partial charge in [-0.05, 0) is 37.5 Å². The Balaban J connectivity index is 1.85. The predicted molar refractivity (Wildman–Crippen MR) is 98.6 cm³/mol. The van der Waals surface area contributed by atoms with Gasteiger partial charge in [-0.15, -0.1) is 0 Å². The topological polar surface area (TPSA) is 97.4 Å². The highest BCUT2D eigenvalue weighted by Crippen LogP contribution is 2.46. The fraction of sp³-hybridized carbons (Fsp3) is 0.765. The van der Waals surface area contributed by atoms with Gasteiger partial charge in [-0.3, -0.25) is 19.8 Å². The smallest absolute Gasteiger partial charge is 0.306 e. The van der Waals surface area contributed by atoms with Crippen LogP contribution in [0.5, 0.6) is 0 Å². The molecule has 0 unspecified atom stereocenters. The molecule has 1 heterocycles. The van der Waals surface area contributed by atoms with Crippen LogP contribution in [0.25, 0.3) is 0 Å². The minimum absolute atomic E-state index is 0.0150. The third kappa shape index (κ3) is 5.72. The molecular weight excluding hydrogens is 320 g/mol. The van der Waals surface area contributed by atoms with Gasteiger partial charge in [-0.25, -0.2) is 0 Å². The van der Waals surface area contributed by atoms with Crippen molar-refractivity contribution in [3.8, 4) is 0 Å². The number of guanidine groups is 1. The molecule has 1 aliphatic carbocycles. The summed E-state index contributed by atoms with van der Waals surface area (Å²) in [6, 6.07) is 0. The van der Waals surface area contributed by atoms with E-state index in [1.54, 1.807) is 4.68 Å². The highest BCUT2D eigenvalue weighted by molar-refractivity contribution is 5.79. The van der Waals surface area contributed by atoms with Gasteiger partial charge in [0.1, 0.15) is 12.4 Å². The average Bonchev–Trinajstić information content (AvgIpc) is 2.98. The summed E-state index contributed by atoms with van der Waals surface area (Å²) in [5, 5.41) is 21.2. The Bertz CT molecular complexity index is 592. The molecule has 8 heteroatoms. The summed E-state index contributed by atoms with van der Waals surface area (Å²) in [5.74, 6) is 1.50. The van der Waals surface area contributed by atoms with Crippen LogP contribution < -0.4 is 10.6 Å². The maximum Gasteiger partial charge on any atom is 0.306 e. The lowest BCUT2D eigenvalue weighted by Crippen LogP contribution is -2.41. The van der Waals surface area contributed by atoms with E-state index in [4.69, 9.17) is 4.99 Å². The SMILES string of the molecule is CCNC(=NCC1(CC(C)C)CCC1)NCCn1cc([N+](=O)[O-])cn1. The van der Waals surface area contributed by atoms with Crippen molar-refractivity contribution >= 4 is 11.6 Å². The fourth-order valence-electron chi connectivity index (χ4n) is 3.42. The van der Waals surface area contributed by atoms with E-state index in [1.165, 1.54) is 38.1 Å². The maximum absolute atomic E-state index is 10.7. The van der Waals surface area contributed by atoms with Gasteiger partial charge >= 0.3 is 5.69 Å². The Kier molecular flexibility index (Phi) is 6.78. The number of nitrogens with zero attached hydrogens (tertiary/aromatic N) is 4. The second-order valence-electron chi connectivity index (χ2n) is 7.29. The van der Waals surface area contributed by atoms with Crippen molar-refractivity contribution in [1.29, 1.82) is 0 Å². The second-order valence-corrected chi connectivity index (χ2v) is 7.29. The van der Waals surface area contributed by atoms with Crippen molar-refractivity contribution in [2.45, 2.75) is 53.0 Å². The number of nitrogens with one attached hydrogen (secondary N) is 2. The van der Waals surface area contributed by atoms with Crippen LogP contribution in [0.15, 0.2) is 17.4 Å². The molecule has 0 amide bonds. The molecule has 0 bridgehead atoms. The molecule has 1 aromatic heterocycles. The van der Waals surface area contributed by atoms with Gasteiger partial charge in [0.2, 0.25) is 0 Å². The number of aliphatic imine (C=N–C) groups is 1. The summed E-state index contributed by atoms with van der Waals surface area (Å²) in [4.78, 5) is 15.0. The van der Waals surface area contributed by atoms with Crippen LogP contribution in [0.3, 0.4) is 0 Å². The summed E-state index contributed by atoms with van der Waals surface area (Å²) in [6.07, 6.45) is 7.79. The first-order valence-corrected chi connectivity index (χ1v) is 9.13. The van der Waals surface area contributed by atoms with Crippen LogP contribution in [0.1, 0.15) is 46.5 Å². The predicted octanol–water partition coefficient (Wildman–Crippen LogP) is 2.56. The average molecular weight is 350 g/mol. The molecule has 25 heavy (non-hydrogen) atoms. The maximum atomic E-state index is 10.7. The van der Waals surface area contributed by atoms with E-state index in [9.17, 15) is 10.1 Å². The minimum Gasteiger partial charge on any atom is -0.357 e. The highest BCUT2D eigenvalue weighted by Gasteiger charge is 2.37. The molecule has 0 spiro atoms. The van der Waals surface area contributed by atoms with Crippen molar-refractivity contribution in [1.82, 2.24) is 20.4 Å². The number of aromatic nitrogens is 2. The van der Waals surface area contributed by atoms with Gasteiger partial charge in [-0.2, -0.15) is 5.10 Å². The lowest BCUT2D eigenvalue weighted by atomic mass is 9.64. The van der Waals surface area contributed by atoms with E-state index in [-0.39, 0.29) is 5.69 Å². The Morgan fingerprint density at radius 2 is 2.24 bits per heavy atom. The van der Waals surface area contributed by atoms with E-state index >= 15 is 0 Å². The van der Waals surface area contributed by atoms with E-state index < -0.39 is 4.92 Å². The van der Waals surface area contributed by atoms with Gasteiger partial charge < -0.3 is 10.6 Å². The first-order chi connectivity index (χ1) is 11.9. The molecule has 2 rings (SSSR count). The molecular formula is C17H30N6O2. The van der Waals surface area contributed by atoms with E-state index in [1.807, 2.05) is 6.92 Å². The molecule has 0 aliphatic heterocycles. The Labute approximate surface area is 149 Å². The summed E-state index contributed by atoms with van der Waals surface area (Å²) < 4.78 is 1.57. The summed E-state index contributed by atoms with van der Waals surface area (Å²) in [7, 11) is 0. The van der Waals surface area contributed by atoms with Crippen molar-refractivity contribution in [3.05, 3.63) is 22.5 Å². The monoisotopic (exact) mass is 350 g/mol. The van der Waals surface area contributed by atoms with E-state index in [2.05, 4.69) is 29.6 Å². The van der Waals surface area contributed by atoms with Gasteiger partial charge in [0.05, 0.1) is 11.5 Å². The Morgan fingerprint density at radius 3 is 2.76 bits per heavy atom. The normalized spacial score (nSPS) is 16.6. The van der Waals surface area contributed by atoms with Crippen LogP contribution in [0.4, 0.5) is 5.69 Å². The Morgan fingerprint density at radius 1 is 1.48 bits per heavy atom. The number of rotatable bonds is 9.